The van der Waals surface area contributed by atoms with Gasteiger partial charge in [0.05, 0.1) is 12.0 Å². The summed E-state index contributed by atoms with van der Waals surface area (Å²) in [6, 6.07) is 12.7. The third kappa shape index (κ3) is 3.51. The van der Waals surface area contributed by atoms with E-state index in [0.29, 0.717) is 0 Å². The minimum absolute atomic E-state index is 0.0697. The molecule has 0 aliphatic heterocycles. The molecule has 110 valence electrons. The van der Waals surface area contributed by atoms with Crippen molar-refractivity contribution in [2.75, 3.05) is 12.4 Å². The Morgan fingerprint density at radius 1 is 1.24 bits per heavy atom. The highest BCUT2D eigenvalue weighted by Crippen LogP contribution is 2.26. The van der Waals surface area contributed by atoms with E-state index in [0.717, 1.165) is 22.6 Å². The summed E-state index contributed by atoms with van der Waals surface area (Å²) in [6.07, 6.45) is 0. The van der Waals surface area contributed by atoms with E-state index in [1.165, 1.54) is 6.07 Å². The van der Waals surface area contributed by atoms with Crippen LogP contribution in [0.25, 0.3) is 0 Å². The molecule has 0 radical (unpaired) electrons. The number of nitrogens with one attached hydrogen (secondary N) is 1. The van der Waals surface area contributed by atoms with Crippen molar-refractivity contribution in [2.24, 2.45) is 0 Å². The van der Waals surface area contributed by atoms with Gasteiger partial charge in [0.25, 0.3) is 5.69 Å². The summed E-state index contributed by atoms with van der Waals surface area (Å²) in [5.74, 6) is 0.807. The molecule has 2 aromatic carbocycles. The van der Waals surface area contributed by atoms with Crippen molar-refractivity contribution in [3.8, 4) is 5.75 Å². The number of hydrogen-bond donors (Lipinski definition) is 1. The topological polar surface area (TPSA) is 64.4 Å². The van der Waals surface area contributed by atoms with Crippen molar-refractivity contribution in [3.05, 3.63) is 63.7 Å². The Morgan fingerprint density at radius 2 is 2.00 bits per heavy atom. The Hall–Kier alpha value is -2.56. The largest absolute Gasteiger partial charge is 0.497 e. The smallest absolute Gasteiger partial charge is 0.269 e. The van der Waals surface area contributed by atoms with Crippen LogP contribution in [0, 0.1) is 17.0 Å². The lowest BCUT2D eigenvalue weighted by Gasteiger charge is -2.18. The van der Waals surface area contributed by atoms with Crippen LogP contribution in [0.4, 0.5) is 11.4 Å². The van der Waals surface area contributed by atoms with E-state index in [2.05, 4.69) is 5.32 Å². The van der Waals surface area contributed by atoms with E-state index < -0.39 is 0 Å². The van der Waals surface area contributed by atoms with Gasteiger partial charge in [-0.25, -0.2) is 0 Å². The van der Waals surface area contributed by atoms with E-state index in [1.54, 1.807) is 19.2 Å². The van der Waals surface area contributed by atoms with Crippen LogP contribution >= 0.6 is 0 Å². The molecule has 21 heavy (non-hydrogen) atoms. The number of anilines is 1. The zero-order chi connectivity index (χ0) is 15.4. The lowest BCUT2D eigenvalue weighted by atomic mass is 10.1. The SMILES string of the molecule is COc1cccc(C(C)Nc2ccc([N+](=O)[O-])cc2C)c1. The van der Waals surface area contributed by atoms with Crippen LogP contribution < -0.4 is 10.1 Å². The van der Waals surface area contributed by atoms with Crippen LogP contribution in [-0.4, -0.2) is 12.0 Å². The molecule has 0 fully saturated rings. The molecule has 0 amide bonds. The zero-order valence-electron chi connectivity index (χ0n) is 12.3. The molecule has 2 aromatic rings. The molecule has 0 bridgehead atoms. The van der Waals surface area contributed by atoms with Gasteiger partial charge in [-0.15, -0.1) is 0 Å². The number of nitrogens with zero attached hydrogens (tertiary/aromatic N) is 1. The number of nitro benzene ring substituents is 1. The van der Waals surface area contributed by atoms with E-state index in [9.17, 15) is 10.1 Å². The second-order valence-electron chi connectivity index (χ2n) is 4.90. The predicted molar refractivity (Wildman–Crippen MR) is 82.9 cm³/mol. The summed E-state index contributed by atoms with van der Waals surface area (Å²) < 4.78 is 5.22. The Morgan fingerprint density at radius 3 is 2.62 bits per heavy atom. The van der Waals surface area contributed by atoms with Gasteiger partial charge in [-0.3, -0.25) is 10.1 Å². The van der Waals surface area contributed by atoms with Gasteiger partial charge in [0, 0.05) is 23.9 Å². The number of methoxy groups -OCH3 is 1. The van der Waals surface area contributed by atoms with E-state index in [-0.39, 0.29) is 16.7 Å². The van der Waals surface area contributed by atoms with Crippen LogP contribution in [0.5, 0.6) is 5.75 Å². The van der Waals surface area contributed by atoms with Gasteiger partial charge in [-0.05, 0) is 43.2 Å². The second kappa shape index (κ2) is 6.26. The maximum atomic E-state index is 10.7. The lowest BCUT2D eigenvalue weighted by Crippen LogP contribution is -2.08. The fourth-order valence-electron chi connectivity index (χ4n) is 2.15. The Labute approximate surface area is 123 Å². The highest BCUT2D eigenvalue weighted by atomic mass is 16.6. The van der Waals surface area contributed by atoms with Gasteiger partial charge in [-0.1, -0.05) is 12.1 Å². The van der Waals surface area contributed by atoms with Crippen molar-refractivity contribution in [1.29, 1.82) is 0 Å². The quantitative estimate of drug-likeness (QED) is 0.664. The van der Waals surface area contributed by atoms with Crippen molar-refractivity contribution >= 4 is 11.4 Å². The molecule has 0 saturated carbocycles. The fourth-order valence-corrected chi connectivity index (χ4v) is 2.15. The second-order valence-corrected chi connectivity index (χ2v) is 4.90. The third-order valence-corrected chi connectivity index (χ3v) is 3.39. The summed E-state index contributed by atoms with van der Waals surface area (Å²) in [4.78, 5) is 10.4. The summed E-state index contributed by atoms with van der Waals surface area (Å²) in [5, 5.41) is 14.1. The van der Waals surface area contributed by atoms with E-state index in [1.807, 2.05) is 38.1 Å². The number of benzene rings is 2. The first kappa shape index (κ1) is 14.8. The fraction of sp³-hybridized carbons (Fsp3) is 0.250. The normalized spacial score (nSPS) is 11.8. The Balaban J connectivity index is 2.19. The van der Waals surface area contributed by atoms with Crippen LogP contribution in [-0.2, 0) is 0 Å². The molecule has 0 heterocycles. The summed E-state index contributed by atoms with van der Waals surface area (Å²) in [5.41, 5.74) is 2.93. The van der Waals surface area contributed by atoms with Crippen LogP contribution in [0.1, 0.15) is 24.1 Å². The van der Waals surface area contributed by atoms with Crippen molar-refractivity contribution in [2.45, 2.75) is 19.9 Å². The van der Waals surface area contributed by atoms with Crippen LogP contribution in [0.15, 0.2) is 42.5 Å². The number of ether oxygens (including phenoxy) is 1. The number of rotatable bonds is 5. The molecule has 2 rings (SSSR count). The Kier molecular flexibility index (Phi) is 4.42. The summed E-state index contributed by atoms with van der Waals surface area (Å²) in [7, 11) is 1.64. The van der Waals surface area contributed by atoms with Gasteiger partial charge < -0.3 is 10.1 Å². The average molecular weight is 286 g/mol. The van der Waals surface area contributed by atoms with Gasteiger partial charge in [-0.2, -0.15) is 0 Å². The van der Waals surface area contributed by atoms with E-state index >= 15 is 0 Å². The Bertz CT molecular complexity index is 656. The van der Waals surface area contributed by atoms with Gasteiger partial charge >= 0.3 is 0 Å². The van der Waals surface area contributed by atoms with Gasteiger partial charge in [0.15, 0.2) is 0 Å². The molecule has 5 nitrogen and oxygen atoms in total. The first-order valence-corrected chi connectivity index (χ1v) is 6.67. The molecule has 1 unspecified atom stereocenters. The zero-order valence-corrected chi connectivity index (χ0v) is 12.3. The molecule has 1 N–H and O–H groups in total. The van der Waals surface area contributed by atoms with Crippen molar-refractivity contribution in [3.63, 3.8) is 0 Å². The minimum atomic E-state index is -0.387. The first-order valence-electron chi connectivity index (χ1n) is 6.67. The van der Waals surface area contributed by atoms with Gasteiger partial charge in [0.2, 0.25) is 0 Å². The number of non-ortho nitro benzene ring substituents is 1. The highest BCUT2D eigenvalue weighted by molar-refractivity contribution is 5.56. The number of aryl methyl sites for hydroxylation is 1. The summed E-state index contributed by atoms with van der Waals surface area (Å²) in [6.45, 7) is 3.89. The van der Waals surface area contributed by atoms with Crippen molar-refractivity contribution in [1.82, 2.24) is 0 Å². The third-order valence-electron chi connectivity index (χ3n) is 3.39. The molecular formula is C16H18N2O3. The first-order chi connectivity index (χ1) is 10.0. The van der Waals surface area contributed by atoms with Gasteiger partial charge in [0.1, 0.15) is 5.75 Å². The standard InChI is InChI=1S/C16H18N2O3/c1-11-9-14(18(19)20)7-8-16(11)17-12(2)13-5-4-6-15(10-13)21-3/h4-10,12,17H,1-3H3. The van der Waals surface area contributed by atoms with Crippen molar-refractivity contribution < 1.29 is 9.66 Å². The van der Waals surface area contributed by atoms with E-state index in [4.69, 9.17) is 4.74 Å². The maximum absolute atomic E-state index is 10.7. The molecule has 0 spiro atoms. The predicted octanol–water partition coefficient (Wildman–Crippen LogP) is 4.08. The number of hydrogen-bond acceptors (Lipinski definition) is 4. The maximum Gasteiger partial charge on any atom is 0.269 e. The molecule has 0 saturated heterocycles. The summed E-state index contributed by atoms with van der Waals surface area (Å²) >= 11 is 0. The highest BCUT2D eigenvalue weighted by Gasteiger charge is 2.11. The molecule has 0 aromatic heterocycles. The molecular weight excluding hydrogens is 268 g/mol. The number of nitro groups is 1. The molecule has 1 atom stereocenters. The lowest BCUT2D eigenvalue weighted by molar-refractivity contribution is -0.384. The van der Waals surface area contributed by atoms with Crippen LogP contribution in [0.2, 0.25) is 0 Å². The monoisotopic (exact) mass is 286 g/mol. The minimum Gasteiger partial charge on any atom is -0.497 e. The molecule has 0 aliphatic carbocycles. The van der Waals surface area contributed by atoms with Crippen LogP contribution in [0.3, 0.4) is 0 Å². The average Bonchev–Trinajstić information content (AvgIpc) is 2.49. The molecule has 5 heteroatoms. The molecule has 0 aliphatic rings.